The Morgan fingerprint density at radius 3 is 2.67 bits per heavy atom. The van der Waals surface area contributed by atoms with E-state index in [1.165, 1.54) is 12.3 Å². The highest BCUT2D eigenvalue weighted by molar-refractivity contribution is 7.91. The Bertz CT molecular complexity index is 513. The van der Waals surface area contributed by atoms with Crippen LogP contribution in [0.25, 0.3) is 0 Å². The molecule has 3 nitrogen and oxygen atoms in total. The maximum absolute atomic E-state index is 13.4. The fourth-order valence-corrected chi connectivity index (χ4v) is 3.48. The minimum absolute atomic E-state index is 0.205. The molecule has 1 aliphatic rings. The Morgan fingerprint density at radius 1 is 1.28 bits per heavy atom. The number of benzene rings is 1. The summed E-state index contributed by atoms with van der Waals surface area (Å²) in [5, 5.41) is -0.358. The number of para-hydroxylation sites is 1. The fourth-order valence-electron chi connectivity index (χ4n) is 2.32. The van der Waals surface area contributed by atoms with Gasteiger partial charge in [0, 0.05) is 12.7 Å². The zero-order chi connectivity index (χ0) is 13.2. The summed E-state index contributed by atoms with van der Waals surface area (Å²) < 4.78 is 42.0. The van der Waals surface area contributed by atoms with Crippen LogP contribution in [-0.2, 0) is 9.84 Å². The van der Waals surface area contributed by atoms with E-state index in [1.807, 2.05) is 0 Å². The number of hydrogen-bond donors (Lipinski definition) is 0. The molecule has 0 heterocycles. The van der Waals surface area contributed by atoms with E-state index in [-0.39, 0.29) is 17.1 Å². The first-order valence-corrected chi connectivity index (χ1v) is 8.02. The summed E-state index contributed by atoms with van der Waals surface area (Å²) in [7, 11) is -3.03. The monoisotopic (exact) mass is 272 g/mol. The Balaban J connectivity index is 2.05. The molecule has 0 radical (unpaired) electrons. The number of halogens is 1. The van der Waals surface area contributed by atoms with Crippen molar-refractivity contribution in [1.29, 1.82) is 0 Å². The molecule has 18 heavy (non-hydrogen) atoms. The van der Waals surface area contributed by atoms with Crippen molar-refractivity contribution < 1.29 is 17.5 Å². The standard InChI is InChI=1S/C13H17FO3S/c1-18(15,16)11-6-4-5-10(9-11)17-13-8-3-2-7-12(13)14/h2-3,7-8,10-11H,4-6,9H2,1H3. The molecule has 100 valence electrons. The molecule has 0 N–H and O–H groups in total. The quantitative estimate of drug-likeness (QED) is 0.849. The molecule has 0 spiro atoms. The van der Waals surface area contributed by atoms with Crippen molar-refractivity contribution in [3.8, 4) is 5.75 Å². The topological polar surface area (TPSA) is 43.4 Å². The summed E-state index contributed by atoms with van der Waals surface area (Å²) in [5.74, 6) is -0.198. The lowest BCUT2D eigenvalue weighted by Crippen LogP contribution is -2.33. The summed E-state index contributed by atoms with van der Waals surface area (Å²) in [6, 6.07) is 6.21. The molecule has 1 aliphatic carbocycles. The Kier molecular flexibility index (Phi) is 3.90. The molecule has 0 bridgehead atoms. The maximum atomic E-state index is 13.4. The summed E-state index contributed by atoms with van der Waals surface area (Å²) >= 11 is 0. The van der Waals surface area contributed by atoms with Crippen LogP contribution < -0.4 is 4.74 Å². The third-order valence-corrected chi connectivity index (χ3v) is 4.95. The van der Waals surface area contributed by atoms with Crippen LogP contribution in [-0.4, -0.2) is 26.0 Å². The van der Waals surface area contributed by atoms with Gasteiger partial charge in [-0.05, 0) is 31.4 Å². The van der Waals surface area contributed by atoms with E-state index < -0.39 is 15.7 Å². The van der Waals surface area contributed by atoms with Gasteiger partial charge in [0.15, 0.2) is 11.6 Å². The number of rotatable bonds is 3. The second kappa shape index (κ2) is 5.26. The van der Waals surface area contributed by atoms with E-state index in [1.54, 1.807) is 18.2 Å². The fraction of sp³-hybridized carbons (Fsp3) is 0.538. The Hall–Kier alpha value is -1.10. The smallest absolute Gasteiger partial charge is 0.165 e. The van der Waals surface area contributed by atoms with Crippen LogP contribution in [0.1, 0.15) is 25.7 Å². The highest BCUT2D eigenvalue weighted by Crippen LogP contribution is 2.28. The SMILES string of the molecule is CS(=O)(=O)C1CCCC(Oc2ccccc2F)C1. The van der Waals surface area contributed by atoms with Gasteiger partial charge in [-0.15, -0.1) is 0 Å². The zero-order valence-electron chi connectivity index (χ0n) is 10.3. The highest BCUT2D eigenvalue weighted by Gasteiger charge is 2.30. The van der Waals surface area contributed by atoms with Gasteiger partial charge in [-0.25, -0.2) is 12.8 Å². The van der Waals surface area contributed by atoms with Crippen LogP contribution in [0.4, 0.5) is 4.39 Å². The molecular weight excluding hydrogens is 255 g/mol. The van der Waals surface area contributed by atoms with Crippen LogP contribution in [0.5, 0.6) is 5.75 Å². The second-order valence-corrected chi connectivity index (χ2v) is 7.11. The van der Waals surface area contributed by atoms with Crippen molar-refractivity contribution in [3.63, 3.8) is 0 Å². The molecule has 1 aromatic rings. The van der Waals surface area contributed by atoms with Crippen LogP contribution in [0.2, 0.25) is 0 Å². The van der Waals surface area contributed by atoms with Crippen molar-refractivity contribution in [2.45, 2.75) is 37.0 Å². The van der Waals surface area contributed by atoms with Crippen LogP contribution in [0, 0.1) is 5.82 Å². The first-order chi connectivity index (χ1) is 8.47. The average molecular weight is 272 g/mol. The van der Waals surface area contributed by atoms with Gasteiger partial charge < -0.3 is 4.74 Å². The molecule has 2 rings (SSSR count). The van der Waals surface area contributed by atoms with Crippen molar-refractivity contribution in [3.05, 3.63) is 30.1 Å². The third kappa shape index (κ3) is 3.22. The van der Waals surface area contributed by atoms with Crippen LogP contribution >= 0.6 is 0 Å². The predicted octanol–water partition coefficient (Wildman–Crippen LogP) is 2.56. The summed E-state index contributed by atoms with van der Waals surface area (Å²) in [6.45, 7) is 0. The molecule has 1 aromatic carbocycles. The molecule has 1 fully saturated rings. The van der Waals surface area contributed by atoms with Crippen molar-refractivity contribution in [2.75, 3.05) is 6.26 Å². The largest absolute Gasteiger partial charge is 0.487 e. The molecular formula is C13H17FO3S. The first kappa shape index (κ1) is 13.3. The lowest BCUT2D eigenvalue weighted by molar-refractivity contribution is 0.150. The lowest BCUT2D eigenvalue weighted by atomic mass is 9.97. The minimum atomic E-state index is -3.03. The minimum Gasteiger partial charge on any atom is -0.487 e. The molecule has 0 amide bonds. The van der Waals surface area contributed by atoms with E-state index in [4.69, 9.17) is 4.74 Å². The normalized spacial score (nSPS) is 24.8. The average Bonchev–Trinajstić information content (AvgIpc) is 2.31. The van der Waals surface area contributed by atoms with Gasteiger partial charge in [-0.3, -0.25) is 0 Å². The van der Waals surface area contributed by atoms with Gasteiger partial charge in [-0.1, -0.05) is 12.1 Å². The molecule has 0 aromatic heterocycles. The third-order valence-electron chi connectivity index (χ3n) is 3.31. The van der Waals surface area contributed by atoms with Gasteiger partial charge >= 0.3 is 0 Å². The predicted molar refractivity (Wildman–Crippen MR) is 67.9 cm³/mol. The highest BCUT2D eigenvalue weighted by atomic mass is 32.2. The number of hydrogen-bond acceptors (Lipinski definition) is 3. The Labute approximate surface area is 107 Å². The molecule has 2 atom stereocenters. The number of ether oxygens (including phenoxy) is 1. The molecule has 0 saturated heterocycles. The second-order valence-electron chi connectivity index (χ2n) is 4.79. The van der Waals surface area contributed by atoms with E-state index in [0.29, 0.717) is 12.8 Å². The zero-order valence-corrected chi connectivity index (χ0v) is 11.1. The first-order valence-electron chi connectivity index (χ1n) is 6.07. The Morgan fingerprint density at radius 2 is 2.00 bits per heavy atom. The van der Waals surface area contributed by atoms with Gasteiger partial charge in [0.2, 0.25) is 0 Å². The molecule has 1 saturated carbocycles. The van der Waals surface area contributed by atoms with Gasteiger partial charge in [-0.2, -0.15) is 0 Å². The molecule has 0 aliphatic heterocycles. The molecule has 5 heteroatoms. The van der Waals surface area contributed by atoms with Crippen LogP contribution in [0.3, 0.4) is 0 Å². The van der Waals surface area contributed by atoms with E-state index >= 15 is 0 Å². The van der Waals surface area contributed by atoms with Gasteiger partial charge in [0.05, 0.1) is 5.25 Å². The van der Waals surface area contributed by atoms with E-state index in [0.717, 1.165) is 12.8 Å². The van der Waals surface area contributed by atoms with Crippen molar-refractivity contribution in [2.24, 2.45) is 0 Å². The van der Waals surface area contributed by atoms with Gasteiger partial charge in [0.1, 0.15) is 15.9 Å². The van der Waals surface area contributed by atoms with E-state index in [9.17, 15) is 12.8 Å². The van der Waals surface area contributed by atoms with E-state index in [2.05, 4.69) is 0 Å². The molecule has 2 unspecified atom stereocenters. The maximum Gasteiger partial charge on any atom is 0.165 e. The lowest BCUT2D eigenvalue weighted by Gasteiger charge is -2.28. The number of sulfone groups is 1. The van der Waals surface area contributed by atoms with Gasteiger partial charge in [0.25, 0.3) is 0 Å². The van der Waals surface area contributed by atoms with Crippen LogP contribution in [0.15, 0.2) is 24.3 Å². The summed E-state index contributed by atoms with van der Waals surface area (Å²) in [6.07, 6.45) is 3.75. The summed E-state index contributed by atoms with van der Waals surface area (Å²) in [4.78, 5) is 0. The summed E-state index contributed by atoms with van der Waals surface area (Å²) in [5.41, 5.74) is 0. The van der Waals surface area contributed by atoms with Crippen molar-refractivity contribution >= 4 is 9.84 Å². The van der Waals surface area contributed by atoms with Crippen molar-refractivity contribution in [1.82, 2.24) is 0 Å².